The average Bonchev–Trinajstić information content (AvgIpc) is 2.33. The Kier molecular flexibility index (Phi) is 6.84. The van der Waals surface area contributed by atoms with Gasteiger partial charge < -0.3 is 5.73 Å². The van der Waals surface area contributed by atoms with E-state index in [1.807, 2.05) is 18.2 Å². The number of pyridine rings is 1. The number of hydrogen-bond donors (Lipinski definition) is 1. The molecular weight excluding hydrogens is 274 g/mol. The number of hydrogen-bond acceptors (Lipinski definition) is 2. The summed E-state index contributed by atoms with van der Waals surface area (Å²) >= 11 is 0. The predicted molar refractivity (Wildman–Crippen MR) is 76.8 cm³/mol. The molecule has 2 nitrogen and oxygen atoms in total. The minimum absolute atomic E-state index is 0. The molecule has 0 aliphatic carbocycles. The molecule has 18 heavy (non-hydrogen) atoms. The molecule has 0 amide bonds. The van der Waals surface area contributed by atoms with E-state index in [1.54, 1.807) is 25.3 Å². The zero-order chi connectivity index (χ0) is 11.5. The van der Waals surface area contributed by atoms with E-state index < -0.39 is 0 Å². The molecule has 0 bridgehead atoms. The molecule has 98 valence electrons. The molecule has 2 N–H and O–H groups in total. The van der Waals surface area contributed by atoms with Crippen LogP contribution in [0.2, 0.25) is 0 Å². The van der Waals surface area contributed by atoms with Crippen LogP contribution in [0.3, 0.4) is 0 Å². The van der Waals surface area contributed by atoms with Crippen LogP contribution in [-0.4, -0.2) is 4.98 Å². The van der Waals surface area contributed by atoms with E-state index in [4.69, 9.17) is 5.73 Å². The fourth-order valence-electron chi connectivity index (χ4n) is 1.59. The van der Waals surface area contributed by atoms with E-state index in [-0.39, 0.29) is 30.6 Å². The number of nitrogens with two attached hydrogens (primary N) is 1. The first-order chi connectivity index (χ1) is 7.72. The van der Waals surface area contributed by atoms with Crippen LogP contribution in [0.15, 0.2) is 36.5 Å². The van der Waals surface area contributed by atoms with E-state index in [0.717, 1.165) is 5.56 Å². The summed E-state index contributed by atoms with van der Waals surface area (Å²) in [6, 6.07) is 8.94. The third kappa shape index (κ3) is 3.42. The Bertz CT molecular complexity index is 518. The van der Waals surface area contributed by atoms with Gasteiger partial charge in [-0.3, -0.25) is 4.98 Å². The van der Waals surface area contributed by atoms with Gasteiger partial charge in [0.1, 0.15) is 5.82 Å². The Morgan fingerprint density at radius 2 is 1.94 bits per heavy atom. The van der Waals surface area contributed by atoms with Gasteiger partial charge in [0.15, 0.2) is 0 Å². The van der Waals surface area contributed by atoms with Gasteiger partial charge in [0, 0.05) is 18.3 Å². The topological polar surface area (TPSA) is 38.9 Å². The molecule has 0 fully saturated rings. The van der Waals surface area contributed by atoms with E-state index in [2.05, 4.69) is 4.98 Å². The lowest BCUT2D eigenvalue weighted by atomic mass is 10.1. The van der Waals surface area contributed by atoms with Gasteiger partial charge in [0.25, 0.3) is 0 Å². The Balaban J connectivity index is 0.00000144. The van der Waals surface area contributed by atoms with E-state index in [0.29, 0.717) is 23.4 Å². The number of nitrogens with zero attached hydrogens (tertiary/aromatic N) is 1. The van der Waals surface area contributed by atoms with E-state index >= 15 is 0 Å². The first kappa shape index (κ1) is 16.8. The maximum absolute atomic E-state index is 13.9. The number of halogens is 3. The number of rotatable bonds is 2. The molecule has 0 aliphatic rings. The third-order valence-corrected chi connectivity index (χ3v) is 2.53. The molecule has 1 heterocycles. The summed E-state index contributed by atoms with van der Waals surface area (Å²) < 4.78 is 13.9. The molecule has 0 unspecified atom stereocenters. The van der Waals surface area contributed by atoms with Crippen LogP contribution in [0.5, 0.6) is 0 Å². The van der Waals surface area contributed by atoms with Crippen molar-refractivity contribution in [3.8, 4) is 11.3 Å². The predicted octanol–water partition coefficient (Wildman–Crippen LogP) is 3.50. The van der Waals surface area contributed by atoms with Gasteiger partial charge in [-0.15, -0.1) is 24.8 Å². The van der Waals surface area contributed by atoms with Crippen LogP contribution in [0, 0.1) is 12.7 Å². The SMILES string of the molecule is Cc1cccc(-c2cc(CN)ccn2)c1F.Cl.Cl. The van der Waals surface area contributed by atoms with Crippen LogP contribution in [0.1, 0.15) is 11.1 Å². The molecule has 0 atom stereocenters. The van der Waals surface area contributed by atoms with Crippen molar-refractivity contribution in [1.82, 2.24) is 4.98 Å². The van der Waals surface area contributed by atoms with Crippen molar-refractivity contribution in [3.05, 3.63) is 53.5 Å². The quantitative estimate of drug-likeness (QED) is 0.919. The molecule has 0 saturated carbocycles. The highest BCUT2D eigenvalue weighted by atomic mass is 35.5. The van der Waals surface area contributed by atoms with Gasteiger partial charge in [0.05, 0.1) is 5.69 Å². The van der Waals surface area contributed by atoms with Crippen molar-refractivity contribution in [2.75, 3.05) is 0 Å². The lowest BCUT2D eigenvalue weighted by molar-refractivity contribution is 0.621. The van der Waals surface area contributed by atoms with Gasteiger partial charge in [-0.1, -0.05) is 12.1 Å². The summed E-state index contributed by atoms with van der Waals surface area (Å²) in [6.07, 6.45) is 1.65. The Morgan fingerprint density at radius 3 is 2.61 bits per heavy atom. The monoisotopic (exact) mass is 288 g/mol. The van der Waals surface area contributed by atoms with Gasteiger partial charge >= 0.3 is 0 Å². The largest absolute Gasteiger partial charge is 0.326 e. The Morgan fingerprint density at radius 1 is 1.22 bits per heavy atom. The average molecular weight is 289 g/mol. The summed E-state index contributed by atoms with van der Waals surface area (Å²) in [5.74, 6) is -0.218. The van der Waals surface area contributed by atoms with Crippen LogP contribution >= 0.6 is 24.8 Å². The molecular formula is C13H15Cl2FN2. The normalized spacial score (nSPS) is 9.28. The molecule has 0 saturated heterocycles. The lowest BCUT2D eigenvalue weighted by Gasteiger charge is -2.06. The van der Waals surface area contributed by atoms with Gasteiger partial charge in [0.2, 0.25) is 0 Å². The van der Waals surface area contributed by atoms with Crippen LogP contribution < -0.4 is 5.73 Å². The minimum Gasteiger partial charge on any atom is -0.326 e. The summed E-state index contributed by atoms with van der Waals surface area (Å²) in [5.41, 5.74) is 8.27. The molecule has 1 aromatic carbocycles. The first-order valence-corrected chi connectivity index (χ1v) is 5.13. The summed E-state index contributed by atoms with van der Waals surface area (Å²) in [4.78, 5) is 4.16. The van der Waals surface area contributed by atoms with Crippen molar-refractivity contribution < 1.29 is 4.39 Å². The zero-order valence-electron chi connectivity index (χ0n) is 9.89. The first-order valence-electron chi connectivity index (χ1n) is 5.13. The number of benzene rings is 1. The summed E-state index contributed by atoms with van der Waals surface area (Å²) in [7, 11) is 0. The van der Waals surface area contributed by atoms with E-state index in [9.17, 15) is 4.39 Å². The lowest BCUT2D eigenvalue weighted by Crippen LogP contribution is -1.98. The second-order valence-electron chi connectivity index (χ2n) is 3.69. The van der Waals surface area contributed by atoms with Crippen LogP contribution in [-0.2, 0) is 6.54 Å². The van der Waals surface area contributed by atoms with Crippen molar-refractivity contribution in [2.45, 2.75) is 13.5 Å². The summed E-state index contributed by atoms with van der Waals surface area (Å²) in [6.45, 7) is 2.18. The molecule has 0 radical (unpaired) electrons. The Hall–Kier alpha value is -1.16. The second kappa shape index (κ2) is 7.31. The van der Waals surface area contributed by atoms with Crippen molar-refractivity contribution in [1.29, 1.82) is 0 Å². The Labute approximate surface area is 118 Å². The van der Waals surface area contributed by atoms with Crippen LogP contribution in [0.25, 0.3) is 11.3 Å². The number of aromatic nitrogens is 1. The van der Waals surface area contributed by atoms with Gasteiger partial charge in [-0.25, -0.2) is 4.39 Å². The smallest absolute Gasteiger partial charge is 0.135 e. The fourth-order valence-corrected chi connectivity index (χ4v) is 1.59. The van der Waals surface area contributed by atoms with Crippen LogP contribution in [0.4, 0.5) is 4.39 Å². The number of aryl methyl sites for hydroxylation is 1. The standard InChI is InChI=1S/C13H13FN2.2ClH/c1-9-3-2-4-11(13(9)14)12-7-10(8-15)5-6-16-12;;/h2-7H,8,15H2,1H3;2*1H. The zero-order valence-corrected chi connectivity index (χ0v) is 11.5. The highest BCUT2D eigenvalue weighted by molar-refractivity contribution is 5.85. The van der Waals surface area contributed by atoms with Crippen molar-refractivity contribution in [2.24, 2.45) is 5.73 Å². The van der Waals surface area contributed by atoms with Gasteiger partial charge in [-0.2, -0.15) is 0 Å². The molecule has 2 aromatic rings. The van der Waals surface area contributed by atoms with Crippen molar-refractivity contribution in [3.63, 3.8) is 0 Å². The van der Waals surface area contributed by atoms with E-state index in [1.165, 1.54) is 0 Å². The van der Waals surface area contributed by atoms with Gasteiger partial charge in [-0.05, 0) is 36.2 Å². The fraction of sp³-hybridized carbons (Fsp3) is 0.154. The molecule has 1 aromatic heterocycles. The molecule has 0 spiro atoms. The molecule has 2 rings (SSSR count). The molecule has 0 aliphatic heterocycles. The molecule has 5 heteroatoms. The highest BCUT2D eigenvalue weighted by Gasteiger charge is 2.08. The second-order valence-corrected chi connectivity index (χ2v) is 3.69. The van der Waals surface area contributed by atoms with Crippen molar-refractivity contribution >= 4 is 24.8 Å². The highest BCUT2D eigenvalue weighted by Crippen LogP contribution is 2.23. The maximum Gasteiger partial charge on any atom is 0.135 e. The minimum atomic E-state index is -0.218. The third-order valence-electron chi connectivity index (χ3n) is 2.53. The maximum atomic E-state index is 13.9. The summed E-state index contributed by atoms with van der Waals surface area (Å²) in [5, 5.41) is 0.